The van der Waals surface area contributed by atoms with Gasteiger partial charge in [0.25, 0.3) is 0 Å². The Balaban J connectivity index is 1.45. The zero-order chi connectivity index (χ0) is 16.9. The van der Waals surface area contributed by atoms with Crippen LogP contribution in [0.3, 0.4) is 0 Å². The Morgan fingerprint density at radius 3 is 2.38 bits per heavy atom. The molecule has 130 valence electrons. The van der Waals surface area contributed by atoms with Gasteiger partial charge < -0.3 is 15.1 Å². The highest BCUT2D eigenvalue weighted by Crippen LogP contribution is 2.14. The van der Waals surface area contributed by atoms with Gasteiger partial charge in [-0.2, -0.15) is 0 Å². The van der Waals surface area contributed by atoms with Crippen molar-refractivity contribution in [2.24, 2.45) is 0 Å². The molecular weight excluding hydrogens is 327 g/mol. The van der Waals surface area contributed by atoms with Crippen molar-refractivity contribution >= 4 is 28.9 Å². The molecule has 1 amide bonds. The Labute approximate surface area is 147 Å². The molecule has 2 aliphatic heterocycles. The Morgan fingerprint density at radius 1 is 1.04 bits per heavy atom. The van der Waals surface area contributed by atoms with E-state index in [1.165, 1.54) is 6.07 Å². The van der Waals surface area contributed by atoms with Crippen molar-refractivity contribution < 1.29 is 9.18 Å². The molecule has 3 rings (SSSR count). The minimum Gasteiger partial charge on any atom is -0.346 e. The van der Waals surface area contributed by atoms with Gasteiger partial charge in [-0.05, 0) is 37.2 Å². The number of likely N-dealkylation sites (tertiary alicyclic amines) is 1. The summed E-state index contributed by atoms with van der Waals surface area (Å²) in [5.41, 5.74) is 0.397. The molecule has 0 saturated carbocycles. The fourth-order valence-corrected chi connectivity index (χ4v) is 3.42. The number of para-hydroxylation sites is 1. The first kappa shape index (κ1) is 17.1. The molecule has 2 aliphatic rings. The van der Waals surface area contributed by atoms with E-state index >= 15 is 0 Å². The molecule has 5 nitrogen and oxygen atoms in total. The van der Waals surface area contributed by atoms with Crippen LogP contribution in [-0.2, 0) is 4.79 Å². The van der Waals surface area contributed by atoms with Crippen molar-refractivity contribution in [3.8, 4) is 0 Å². The third-order valence-electron chi connectivity index (χ3n) is 4.59. The van der Waals surface area contributed by atoms with Crippen molar-refractivity contribution in [3.63, 3.8) is 0 Å². The second kappa shape index (κ2) is 7.90. The van der Waals surface area contributed by atoms with E-state index < -0.39 is 0 Å². The first-order valence-corrected chi connectivity index (χ1v) is 8.85. The number of hydrogen-bond donors (Lipinski definition) is 1. The van der Waals surface area contributed by atoms with Crippen LogP contribution in [0.4, 0.5) is 10.1 Å². The summed E-state index contributed by atoms with van der Waals surface area (Å²) in [7, 11) is 0. The molecule has 24 heavy (non-hydrogen) atoms. The predicted molar refractivity (Wildman–Crippen MR) is 96.4 cm³/mol. The molecule has 0 aromatic heterocycles. The number of piperazine rings is 1. The smallest absolute Gasteiger partial charge is 0.236 e. The Bertz CT molecular complexity index is 598. The lowest BCUT2D eigenvalue weighted by atomic mass is 10.3. The SMILES string of the molecule is O=C(CN1CCN(C(=S)Nc2ccccc2F)CC1)N1CCCC1. The van der Waals surface area contributed by atoms with Gasteiger partial charge in [0.1, 0.15) is 5.82 Å². The van der Waals surface area contributed by atoms with E-state index in [0.29, 0.717) is 17.3 Å². The van der Waals surface area contributed by atoms with Gasteiger partial charge in [-0.3, -0.25) is 9.69 Å². The fraction of sp³-hybridized carbons (Fsp3) is 0.529. The molecule has 0 aliphatic carbocycles. The Hall–Kier alpha value is -1.73. The monoisotopic (exact) mass is 350 g/mol. The highest BCUT2D eigenvalue weighted by molar-refractivity contribution is 7.80. The molecule has 1 aromatic rings. The van der Waals surface area contributed by atoms with Crippen LogP contribution in [0.2, 0.25) is 0 Å². The average Bonchev–Trinajstić information content (AvgIpc) is 3.12. The number of amides is 1. The highest BCUT2D eigenvalue weighted by Gasteiger charge is 2.24. The zero-order valence-electron chi connectivity index (χ0n) is 13.7. The maximum Gasteiger partial charge on any atom is 0.236 e. The van der Waals surface area contributed by atoms with Gasteiger partial charge in [-0.1, -0.05) is 12.1 Å². The van der Waals surface area contributed by atoms with Gasteiger partial charge in [-0.25, -0.2) is 4.39 Å². The van der Waals surface area contributed by atoms with Crippen molar-refractivity contribution in [1.82, 2.24) is 14.7 Å². The van der Waals surface area contributed by atoms with Crippen molar-refractivity contribution in [2.75, 3.05) is 51.1 Å². The number of carbonyl (C=O) groups excluding carboxylic acids is 1. The summed E-state index contributed by atoms with van der Waals surface area (Å²) < 4.78 is 13.7. The minimum absolute atomic E-state index is 0.230. The van der Waals surface area contributed by atoms with Gasteiger partial charge in [0.2, 0.25) is 5.91 Å². The number of rotatable bonds is 3. The molecule has 0 spiro atoms. The van der Waals surface area contributed by atoms with Gasteiger partial charge in [0.15, 0.2) is 5.11 Å². The molecule has 2 heterocycles. The maximum atomic E-state index is 13.7. The maximum absolute atomic E-state index is 13.7. The third-order valence-corrected chi connectivity index (χ3v) is 4.95. The summed E-state index contributed by atoms with van der Waals surface area (Å²) in [5.74, 6) is -0.0808. The lowest BCUT2D eigenvalue weighted by Crippen LogP contribution is -2.52. The van der Waals surface area contributed by atoms with E-state index in [4.69, 9.17) is 12.2 Å². The van der Waals surface area contributed by atoms with Gasteiger partial charge >= 0.3 is 0 Å². The lowest BCUT2D eigenvalue weighted by Gasteiger charge is -2.36. The Kier molecular flexibility index (Phi) is 5.63. The van der Waals surface area contributed by atoms with E-state index in [1.807, 2.05) is 9.80 Å². The quantitative estimate of drug-likeness (QED) is 0.841. The molecule has 0 radical (unpaired) electrons. The average molecular weight is 350 g/mol. The van der Waals surface area contributed by atoms with Crippen LogP contribution < -0.4 is 5.32 Å². The molecule has 0 bridgehead atoms. The second-order valence-corrected chi connectivity index (χ2v) is 6.65. The van der Waals surface area contributed by atoms with Crippen LogP contribution in [-0.4, -0.2) is 71.5 Å². The molecule has 1 N–H and O–H groups in total. The van der Waals surface area contributed by atoms with Crippen LogP contribution in [0.15, 0.2) is 24.3 Å². The van der Waals surface area contributed by atoms with E-state index in [2.05, 4.69) is 10.2 Å². The molecule has 2 fully saturated rings. The number of anilines is 1. The first-order chi connectivity index (χ1) is 11.6. The molecule has 0 atom stereocenters. The van der Waals surface area contributed by atoms with E-state index in [0.717, 1.165) is 52.1 Å². The second-order valence-electron chi connectivity index (χ2n) is 6.26. The molecule has 0 unspecified atom stereocenters. The predicted octanol–water partition coefficient (Wildman–Crippen LogP) is 1.76. The summed E-state index contributed by atoms with van der Waals surface area (Å²) in [4.78, 5) is 18.3. The number of nitrogens with one attached hydrogen (secondary N) is 1. The van der Waals surface area contributed by atoms with Crippen LogP contribution in [0.25, 0.3) is 0 Å². The first-order valence-electron chi connectivity index (χ1n) is 8.44. The van der Waals surface area contributed by atoms with Crippen LogP contribution in [0, 0.1) is 5.82 Å². The summed E-state index contributed by atoms with van der Waals surface area (Å²) in [5, 5.41) is 3.50. The standard InChI is InChI=1S/C17H23FN4OS/c18-14-5-1-2-6-15(14)19-17(24)22-11-9-20(10-12-22)13-16(23)21-7-3-4-8-21/h1-2,5-6H,3-4,7-13H2,(H,19,24). The molecule has 2 saturated heterocycles. The minimum atomic E-state index is -0.310. The number of halogens is 1. The zero-order valence-corrected chi connectivity index (χ0v) is 14.5. The van der Waals surface area contributed by atoms with E-state index in [1.54, 1.807) is 18.2 Å². The topological polar surface area (TPSA) is 38.8 Å². The number of carbonyl (C=O) groups is 1. The third kappa shape index (κ3) is 4.21. The van der Waals surface area contributed by atoms with Crippen molar-refractivity contribution in [2.45, 2.75) is 12.8 Å². The number of thiocarbonyl (C=S) groups is 1. The van der Waals surface area contributed by atoms with Crippen LogP contribution >= 0.6 is 12.2 Å². The van der Waals surface area contributed by atoms with Gasteiger partial charge in [0, 0.05) is 39.3 Å². The summed E-state index contributed by atoms with van der Waals surface area (Å²) in [6, 6.07) is 6.51. The summed E-state index contributed by atoms with van der Waals surface area (Å²) in [6.07, 6.45) is 2.24. The Morgan fingerprint density at radius 2 is 1.71 bits per heavy atom. The van der Waals surface area contributed by atoms with E-state index in [-0.39, 0.29) is 11.7 Å². The largest absolute Gasteiger partial charge is 0.346 e. The molecule has 1 aromatic carbocycles. The van der Waals surface area contributed by atoms with Gasteiger partial charge in [-0.15, -0.1) is 0 Å². The van der Waals surface area contributed by atoms with E-state index in [9.17, 15) is 9.18 Å². The highest BCUT2D eigenvalue weighted by atomic mass is 32.1. The number of hydrogen-bond acceptors (Lipinski definition) is 3. The van der Waals surface area contributed by atoms with Crippen LogP contribution in [0.1, 0.15) is 12.8 Å². The number of benzene rings is 1. The normalized spacial score (nSPS) is 18.7. The molecular formula is C17H23FN4OS. The van der Waals surface area contributed by atoms with Crippen molar-refractivity contribution in [1.29, 1.82) is 0 Å². The fourth-order valence-electron chi connectivity index (χ4n) is 3.12. The summed E-state index contributed by atoms with van der Waals surface area (Å²) in [6.45, 7) is 5.35. The van der Waals surface area contributed by atoms with Crippen molar-refractivity contribution in [3.05, 3.63) is 30.1 Å². The number of nitrogens with zero attached hydrogens (tertiary/aromatic N) is 3. The van der Waals surface area contributed by atoms with Crippen LogP contribution in [0.5, 0.6) is 0 Å². The molecule has 7 heteroatoms. The lowest BCUT2D eigenvalue weighted by molar-refractivity contribution is -0.131. The summed E-state index contributed by atoms with van der Waals surface area (Å²) >= 11 is 5.38. The van der Waals surface area contributed by atoms with Gasteiger partial charge in [0.05, 0.1) is 12.2 Å².